The summed E-state index contributed by atoms with van der Waals surface area (Å²) in [4.78, 5) is 19.8. The Hall–Kier alpha value is -6.00. The van der Waals surface area contributed by atoms with Crippen molar-refractivity contribution in [3.63, 3.8) is 0 Å². The predicted molar refractivity (Wildman–Crippen MR) is 180 cm³/mol. The third-order valence-corrected chi connectivity index (χ3v) is 7.99. The molecule has 0 saturated carbocycles. The molecule has 0 aliphatic heterocycles. The molecule has 6 aromatic carbocycles. The van der Waals surface area contributed by atoms with Gasteiger partial charge in [0.2, 0.25) is 0 Å². The summed E-state index contributed by atoms with van der Waals surface area (Å²) >= 11 is 0. The molecule has 0 aliphatic rings. The van der Waals surface area contributed by atoms with E-state index in [9.17, 15) is 0 Å². The molecule has 0 aliphatic carbocycles. The number of para-hydroxylation sites is 1. The molecular weight excluding hydrogens is 536 g/mol. The van der Waals surface area contributed by atoms with Gasteiger partial charge in [-0.2, -0.15) is 0 Å². The Bertz CT molecular complexity index is 2200. The summed E-state index contributed by atoms with van der Waals surface area (Å²) in [6, 6.07) is 52.1. The average molecular weight is 563 g/mol. The first-order chi connectivity index (χ1) is 21.8. The van der Waals surface area contributed by atoms with Gasteiger partial charge in [-0.15, -0.1) is 0 Å². The van der Waals surface area contributed by atoms with Crippen molar-refractivity contribution in [3.05, 3.63) is 158 Å². The smallest absolute Gasteiger partial charge is 0.165 e. The molecule has 0 N–H and O–H groups in total. The van der Waals surface area contributed by atoms with Crippen LogP contribution in [0.25, 0.3) is 78.1 Å². The highest BCUT2D eigenvalue weighted by Crippen LogP contribution is 2.39. The van der Waals surface area contributed by atoms with E-state index in [0.29, 0.717) is 17.5 Å². The normalized spacial score (nSPS) is 11.2. The molecule has 2 heterocycles. The molecule has 0 amide bonds. The van der Waals surface area contributed by atoms with Crippen LogP contribution in [0.4, 0.5) is 0 Å². The van der Waals surface area contributed by atoms with Gasteiger partial charge in [-0.3, -0.25) is 4.98 Å². The van der Waals surface area contributed by atoms with Crippen LogP contribution in [0.1, 0.15) is 0 Å². The molecule has 0 spiro atoms. The molecule has 0 unspecified atom stereocenters. The number of benzene rings is 6. The Morgan fingerprint density at radius 1 is 0.341 bits per heavy atom. The van der Waals surface area contributed by atoms with Crippen molar-refractivity contribution in [1.29, 1.82) is 0 Å². The molecule has 44 heavy (non-hydrogen) atoms. The summed E-state index contributed by atoms with van der Waals surface area (Å²) in [5, 5.41) is 3.35. The van der Waals surface area contributed by atoms with E-state index < -0.39 is 0 Å². The Labute approximate surface area is 255 Å². The van der Waals surface area contributed by atoms with Gasteiger partial charge in [0.25, 0.3) is 0 Å². The van der Waals surface area contributed by atoms with Crippen LogP contribution in [0.5, 0.6) is 0 Å². The minimum atomic E-state index is 0.645. The summed E-state index contributed by atoms with van der Waals surface area (Å²) < 4.78 is 0. The fraction of sp³-hybridized carbons (Fsp3) is 0. The van der Waals surface area contributed by atoms with Gasteiger partial charge >= 0.3 is 0 Å². The highest BCUT2D eigenvalue weighted by molar-refractivity contribution is 6.03. The number of fused-ring (bicyclic) bond motifs is 2. The van der Waals surface area contributed by atoms with Gasteiger partial charge in [-0.25, -0.2) is 15.0 Å². The van der Waals surface area contributed by atoms with E-state index in [1.807, 2.05) is 72.9 Å². The molecule has 0 saturated heterocycles. The maximum absolute atomic E-state index is 5.10. The first-order valence-electron chi connectivity index (χ1n) is 14.7. The van der Waals surface area contributed by atoms with Crippen LogP contribution in [-0.4, -0.2) is 19.9 Å². The minimum absolute atomic E-state index is 0.645. The number of hydrogen-bond acceptors (Lipinski definition) is 4. The van der Waals surface area contributed by atoms with Gasteiger partial charge in [0.15, 0.2) is 17.5 Å². The molecule has 2 aromatic heterocycles. The third-order valence-electron chi connectivity index (χ3n) is 7.99. The second kappa shape index (κ2) is 11.0. The maximum atomic E-state index is 5.10. The van der Waals surface area contributed by atoms with Crippen LogP contribution in [-0.2, 0) is 0 Å². The van der Waals surface area contributed by atoms with E-state index in [1.165, 1.54) is 0 Å². The minimum Gasteiger partial charge on any atom is -0.256 e. The van der Waals surface area contributed by atoms with E-state index in [1.54, 1.807) is 0 Å². The number of pyridine rings is 1. The second-order valence-electron chi connectivity index (χ2n) is 10.7. The SMILES string of the molecule is c1ccc(-c2nc(-c3ccccc3)nc(-c3c(-c4ccc(-c5cccc6cccnc56)cc4)ccc4ccccc34)n2)cc1. The van der Waals surface area contributed by atoms with Crippen LogP contribution < -0.4 is 0 Å². The van der Waals surface area contributed by atoms with Crippen LogP contribution in [0.2, 0.25) is 0 Å². The largest absolute Gasteiger partial charge is 0.256 e. The van der Waals surface area contributed by atoms with E-state index in [0.717, 1.165) is 60.6 Å². The summed E-state index contributed by atoms with van der Waals surface area (Å²) in [6.45, 7) is 0. The maximum Gasteiger partial charge on any atom is 0.165 e. The molecule has 0 atom stereocenters. The van der Waals surface area contributed by atoms with Crippen molar-refractivity contribution in [3.8, 4) is 56.4 Å². The van der Waals surface area contributed by atoms with E-state index >= 15 is 0 Å². The first kappa shape index (κ1) is 25.7. The molecule has 4 nitrogen and oxygen atoms in total. The fourth-order valence-corrected chi connectivity index (χ4v) is 5.84. The first-order valence-corrected chi connectivity index (χ1v) is 14.7. The molecule has 8 aromatic rings. The van der Waals surface area contributed by atoms with Crippen LogP contribution in [0.3, 0.4) is 0 Å². The van der Waals surface area contributed by atoms with E-state index in [2.05, 4.69) is 89.9 Å². The lowest BCUT2D eigenvalue weighted by atomic mass is 9.92. The predicted octanol–water partition coefficient (Wildman–Crippen LogP) is 9.91. The van der Waals surface area contributed by atoms with Crippen molar-refractivity contribution in [2.24, 2.45) is 0 Å². The zero-order valence-electron chi connectivity index (χ0n) is 23.8. The lowest BCUT2D eigenvalue weighted by Crippen LogP contribution is -2.01. The van der Waals surface area contributed by atoms with Crippen molar-refractivity contribution < 1.29 is 0 Å². The van der Waals surface area contributed by atoms with Gasteiger partial charge < -0.3 is 0 Å². The molecule has 0 radical (unpaired) electrons. The Kier molecular flexibility index (Phi) is 6.43. The van der Waals surface area contributed by atoms with Crippen molar-refractivity contribution in [1.82, 2.24) is 19.9 Å². The lowest BCUT2D eigenvalue weighted by molar-refractivity contribution is 1.08. The van der Waals surface area contributed by atoms with Crippen molar-refractivity contribution in [2.75, 3.05) is 0 Å². The lowest BCUT2D eigenvalue weighted by Gasteiger charge is -2.15. The highest BCUT2D eigenvalue weighted by Gasteiger charge is 2.18. The summed E-state index contributed by atoms with van der Waals surface area (Å²) in [5.41, 5.74) is 8.28. The summed E-state index contributed by atoms with van der Waals surface area (Å²) in [5.74, 6) is 1.94. The van der Waals surface area contributed by atoms with E-state index in [4.69, 9.17) is 15.0 Å². The zero-order valence-corrected chi connectivity index (χ0v) is 23.8. The van der Waals surface area contributed by atoms with Gasteiger partial charge in [0.1, 0.15) is 0 Å². The fourth-order valence-electron chi connectivity index (χ4n) is 5.84. The Morgan fingerprint density at radius 2 is 0.909 bits per heavy atom. The summed E-state index contributed by atoms with van der Waals surface area (Å²) in [7, 11) is 0. The number of rotatable bonds is 5. The topological polar surface area (TPSA) is 51.6 Å². The standard InChI is InChI=1S/C40H26N4/c1-3-12-31(13-4-1)38-42-39(32-14-5-2-6-15-32)44-40(43-38)36-33-18-8-7-11-27(33)24-25-34(36)28-20-22-29(23-21-28)35-19-9-16-30-17-10-26-41-37(30)35/h1-26H. The second-order valence-corrected chi connectivity index (χ2v) is 10.7. The molecule has 8 rings (SSSR count). The van der Waals surface area contributed by atoms with Gasteiger partial charge in [0.05, 0.1) is 5.52 Å². The van der Waals surface area contributed by atoms with Crippen molar-refractivity contribution >= 4 is 21.7 Å². The van der Waals surface area contributed by atoms with Gasteiger partial charge in [0, 0.05) is 33.8 Å². The Morgan fingerprint density at radius 3 is 1.61 bits per heavy atom. The monoisotopic (exact) mass is 562 g/mol. The van der Waals surface area contributed by atoms with Crippen LogP contribution in [0.15, 0.2) is 158 Å². The molecule has 0 bridgehead atoms. The molecule has 206 valence electrons. The summed E-state index contributed by atoms with van der Waals surface area (Å²) in [6.07, 6.45) is 1.85. The zero-order chi connectivity index (χ0) is 29.3. The number of hydrogen-bond donors (Lipinski definition) is 0. The van der Waals surface area contributed by atoms with Gasteiger partial charge in [-0.1, -0.05) is 146 Å². The third kappa shape index (κ3) is 4.69. The van der Waals surface area contributed by atoms with E-state index in [-0.39, 0.29) is 0 Å². The number of nitrogens with zero attached hydrogens (tertiary/aromatic N) is 4. The highest BCUT2D eigenvalue weighted by atomic mass is 15.0. The molecule has 0 fully saturated rings. The van der Waals surface area contributed by atoms with Crippen LogP contribution in [0, 0.1) is 0 Å². The molecular formula is C40H26N4. The van der Waals surface area contributed by atoms with Crippen molar-refractivity contribution in [2.45, 2.75) is 0 Å². The number of aromatic nitrogens is 4. The average Bonchev–Trinajstić information content (AvgIpc) is 3.11. The quantitative estimate of drug-likeness (QED) is 0.209. The Balaban J connectivity index is 1.33. The molecule has 4 heteroatoms. The van der Waals surface area contributed by atoms with Crippen LogP contribution >= 0.6 is 0 Å². The van der Waals surface area contributed by atoms with Gasteiger partial charge in [-0.05, 0) is 33.5 Å².